The summed E-state index contributed by atoms with van der Waals surface area (Å²) in [6, 6.07) is 3.52. The summed E-state index contributed by atoms with van der Waals surface area (Å²) >= 11 is 0. The van der Waals surface area contributed by atoms with E-state index in [1.807, 2.05) is 0 Å². The van der Waals surface area contributed by atoms with Crippen LogP contribution >= 0.6 is 0 Å². The number of hydrogen-bond donors (Lipinski definition) is 2. The number of hydrogen-bond acceptors (Lipinski definition) is 3. The molecule has 0 bridgehead atoms. The van der Waals surface area contributed by atoms with Crippen LogP contribution < -0.4 is 11.5 Å². The standard InChI is InChI=1S/C13H13N3O2/c14-11(17)9-3-5-13(6-4-9,12(15)18)10-2-1-7-16-8-10/h1-5,7-8H,6H2,(H2,14,17)(H2,15,18). The average Bonchev–Trinajstić information content (AvgIpc) is 2.39. The number of pyridine rings is 1. The number of carbonyl (C=O) groups excluding carboxylic acids is 2. The van der Waals surface area contributed by atoms with Gasteiger partial charge in [-0.05, 0) is 18.1 Å². The van der Waals surface area contributed by atoms with Crippen molar-refractivity contribution in [2.45, 2.75) is 11.8 Å². The van der Waals surface area contributed by atoms with E-state index in [0.29, 0.717) is 17.6 Å². The van der Waals surface area contributed by atoms with Gasteiger partial charge in [0.25, 0.3) is 0 Å². The Labute approximate surface area is 104 Å². The highest BCUT2D eigenvalue weighted by Crippen LogP contribution is 2.33. The first-order valence-corrected chi connectivity index (χ1v) is 5.46. The molecule has 1 aliphatic rings. The largest absolute Gasteiger partial charge is 0.369 e. The Morgan fingerprint density at radius 2 is 2.11 bits per heavy atom. The van der Waals surface area contributed by atoms with Crippen LogP contribution in [0.5, 0.6) is 0 Å². The third kappa shape index (κ3) is 1.90. The SMILES string of the molecule is NC(=O)C1=CCC(C(N)=O)(c2cccnc2)C=C1. The van der Waals surface area contributed by atoms with Gasteiger partial charge in [-0.3, -0.25) is 14.6 Å². The van der Waals surface area contributed by atoms with Gasteiger partial charge in [0, 0.05) is 18.0 Å². The summed E-state index contributed by atoms with van der Waals surface area (Å²) in [5.74, 6) is -0.998. The minimum atomic E-state index is -0.951. The molecule has 92 valence electrons. The van der Waals surface area contributed by atoms with Gasteiger partial charge in [0.2, 0.25) is 11.8 Å². The maximum absolute atomic E-state index is 11.8. The van der Waals surface area contributed by atoms with Crippen molar-refractivity contribution >= 4 is 11.8 Å². The van der Waals surface area contributed by atoms with Crippen LogP contribution in [0.3, 0.4) is 0 Å². The Morgan fingerprint density at radius 3 is 2.56 bits per heavy atom. The van der Waals surface area contributed by atoms with E-state index < -0.39 is 17.2 Å². The van der Waals surface area contributed by atoms with Crippen molar-refractivity contribution in [2.24, 2.45) is 11.5 Å². The molecule has 1 atom stereocenters. The summed E-state index contributed by atoms with van der Waals surface area (Å²) in [6.45, 7) is 0. The van der Waals surface area contributed by atoms with Crippen molar-refractivity contribution in [2.75, 3.05) is 0 Å². The topological polar surface area (TPSA) is 99.1 Å². The lowest BCUT2D eigenvalue weighted by Gasteiger charge is -2.28. The van der Waals surface area contributed by atoms with Gasteiger partial charge < -0.3 is 11.5 Å². The molecule has 2 rings (SSSR count). The number of primary amides is 2. The summed E-state index contributed by atoms with van der Waals surface area (Å²) in [5.41, 5.74) is 10.8. The minimum Gasteiger partial charge on any atom is -0.369 e. The number of allylic oxidation sites excluding steroid dienone is 1. The Kier molecular flexibility index (Phi) is 2.97. The van der Waals surface area contributed by atoms with Crippen LogP contribution in [0.1, 0.15) is 12.0 Å². The quantitative estimate of drug-likeness (QED) is 0.791. The fourth-order valence-electron chi connectivity index (χ4n) is 1.99. The molecule has 18 heavy (non-hydrogen) atoms. The molecule has 1 unspecified atom stereocenters. The molecule has 1 heterocycles. The number of aromatic nitrogens is 1. The van der Waals surface area contributed by atoms with E-state index in [1.165, 1.54) is 6.08 Å². The van der Waals surface area contributed by atoms with Crippen molar-refractivity contribution in [1.29, 1.82) is 0 Å². The molecule has 0 spiro atoms. The van der Waals surface area contributed by atoms with Gasteiger partial charge in [0.05, 0.1) is 5.41 Å². The summed E-state index contributed by atoms with van der Waals surface area (Å²) in [5, 5.41) is 0. The summed E-state index contributed by atoms with van der Waals surface area (Å²) in [7, 11) is 0. The predicted octanol–water partition coefficient (Wildman–Crippen LogP) is 0.176. The first-order chi connectivity index (χ1) is 8.56. The molecule has 0 saturated heterocycles. The van der Waals surface area contributed by atoms with E-state index >= 15 is 0 Å². The van der Waals surface area contributed by atoms with Crippen LogP contribution in [0.2, 0.25) is 0 Å². The molecule has 0 fully saturated rings. The Bertz CT molecular complexity index is 549. The molecule has 0 aromatic carbocycles. The Balaban J connectivity index is 2.43. The molecule has 1 aliphatic carbocycles. The van der Waals surface area contributed by atoms with Crippen LogP contribution in [0.25, 0.3) is 0 Å². The molecule has 5 heteroatoms. The molecule has 5 nitrogen and oxygen atoms in total. The second-order valence-corrected chi connectivity index (χ2v) is 4.14. The lowest BCUT2D eigenvalue weighted by atomic mass is 9.74. The van der Waals surface area contributed by atoms with E-state index in [-0.39, 0.29) is 0 Å². The molecule has 2 amide bonds. The van der Waals surface area contributed by atoms with Crippen LogP contribution in [0.4, 0.5) is 0 Å². The van der Waals surface area contributed by atoms with Gasteiger partial charge in [-0.2, -0.15) is 0 Å². The molecular weight excluding hydrogens is 230 g/mol. The van der Waals surface area contributed by atoms with Gasteiger partial charge in [-0.25, -0.2) is 0 Å². The third-order valence-electron chi connectivity index (χ3n) is 3.09. The second kappa shape index (κ2) is 4.44. The van der Waals surface area contributed by atoms with Crippen LogP contribution in [0, 0.1) is 0 Å². The number of nitrogens with two attached hydrogens (primary N) is 2. The molecule has 0 aliphatic heterocycles. The van der Waals surface area contributed by atoms with E-state index in [0.717, 1.165) is 0 Å². The van der Waals surface area contributed by atoms with Gasteiger partial charge >= 0.3 is 0 Å². The number of amides is 2. The second-order valence-electron chi connectivity index (χ2n) is 4.14. The predicted molar refractivity (Wildman–Crippen MR) is 66.1 cm³/mol. The van der Waals surface area contributed by atoms with Crippen molar-refractivity contribution in [3.63, 3.8) is 0 Å². The molecule has 1 aromatic rings. The molecule has 4 N–H and O–H groups in total. The van der Waals surface area contributed by atoms with Crippen LogP contribution in [0.15, 0.2) is 48.3 Å². The fourth-order valence-corrected chi connectivity index (χ4v) is 1.99. The number of rotatable bonds is 3. The average molecular weight is 243 g/mol. The Hall–Kier alpha value is -2.43. The highest BCUT2D eigenvalue weighted by Gasteiger charge is 2.37. The van der Waals surface area contributed by atoms with Crippen molar-refractivity contribution in [3.05, 3.63) is 53.9 Å². The molecule has 0 saturated carbocycles. The van der Waals surface area contributed by atoms with Crippen molar-refractivity contribution in [3.8, 4) is 0 Å². The number of carbonyl (C=O) groups is 2. The number of nitrogens with zero attached hydrogens (tertiary/aromatic N) is 1. The van der Waals surface area contributed by atoms with E-state index in [9.17, 15) is 9.59 Å². The zero-order chi connectivity index (χ0) is 13.2. The lowest BCUT2D eigenvalue weighted by Crippen LogP contribution is -2.40. The molecule has 0 radical (unpaired) electrons. The lowest BCUT2D eigenvalue weighted by molar-refractivity contribution is -0.122. The summed E-state index contributed by atoms with van der Waals surface area (Å²) < 4.78 is 0. The Morgan fingerprint density at radius 1 is 1.33 bits per heavy atom. The van der Waals surface area contributed by atoms with Gasteiger partial charge in [0.15, 0.2) is 0 Å². The first-order valence-electron chi connectivity index (χ1n) is 5.46. The molecular formula is C13H13N3O2. The van der Waals surface area contributed by atoms with Crippen LogP contribution in [-0.4, -0.2) is 16.8 Å². The fraction of sp³-hybridized carbons (Fsp3) is 0.154. The van der Waals surface area contributed by atoms with Gasteiger partial charge in [-0.15, -0.1) is 0 Å². The third-order valence-corrected chi connectivity index (χ3v) is 3.09. The highest BCUT2D eigenvalue weighted by atomic mass is 16.1. The van der Waals surface area contributed by atoms with Crippen LogP contribution in [-0.2, 0) is 15.0 Å². The monoisotopic (exact) mass is 243 g/mol. The highest BCUT2D eigenvalue weighted by molar-refractivity contribution is 5.97. The zero-order valence-corrected chi connectivity index (χ0v) is 9.67. The maximum atomic E-state index is 11.8. The van der Waals surface area contributed by atoms with Crippen molar-refractivity contribution in [1.82, 2.24) is 4.98 Å². The van der Waals surface area contributed by atoms with Gasteiger partial charge in [0.1, 0.15) is 0 Å². The van der Waals surface area contributed by atoms with Crippen molar-refractivity contribution < 1.29 is 9.59 Å². The van der Waals surface area contributed by atoms with E-state index in [1.54, 1.807) is 36.7 Å². The normalized spacial score (nSPS) is 22.3. The first kappa shape index (κ1) is 12.0. The summed E-state index contributed by atoms with van der Waals surface area (Å²) in [4.78, 5) is 26.8. The minimum absolute atomic E-state index is 0.308. The summed E-state index contributed by atoms with van der Waals surface area (Å²) in [6.07, 6.45) is 8.30. The smallest absolute Gasteiger partial charge is 0.248 e. The van der Waals surface area contributed by atoms with E-state index in [2.05, 4.69) is 4.98 Å². The molecule has 1 aromatic heterocycles. The maximum Gasteiger partial charge on any atom is 0.248 e. The van der Waals surface area contributed by atoms with E-state index in [4.69, 9.17) is 11.5 Å². The zero-order valence-electron chi connectivity index (χ0n) is 9.67. The van der Waals surface area contributed by atoms with Gasteiger partial charge in [-0.1, -0.05) is 24.3 Å².